The van der Waals surface area contributed by atoms with Crippen molar-refractivity contribution in [3.05, 3.63) is 0 Å². The number of hydrogen-bond donors (Lipinski definition) is 1. The predicted molar refractivity (Wildman–Crippen MR) is 73.7 cm³/mol. The SMILES string of the molecule is CC1CC(NCCC(C)S(C)=O)CN1C1CC1. The van der Waals surface area contributed by atoms with Crippen LogP contribution in [0.2, 0.25) is 0 Å². The van der Waals surface area contributed by atoms with Crippen molar-refractivity contribution in [2.75, 3.05) is 19.3 Å². The van der Waals surface area contributed by atoms with Crippen LogP contribution < -0.4 is 5.32 Å². The van der Waals surface area contributed by atoms with Gasteiger partial charge in [0.15, 0.2) is 0 Å². The fourth-order valence-electron chi connectivity index (χ4n) is 2.78. The fourth-order valence-corrected chi connectivity index (χ4v) is 3.23. The molecule has 0 bridgehead atoms. The summed E-state index contributed by atoms with van der Waals surface area (Å²) < 4.78 is 11.2. The second-order valence-corrected chi connectivity index (χ2v) is 7.56. The van der Waals surface area contributed by atoms with Gasteiger partial charge in [0, 0.05) is 47.0 Å². The molecule has 3 nitrogen and oxygen atoms in total. The Hall–Kier alpha value is 0.0700. The molecule has 0 aromatic rings. The van der Waals surface area contributed by atoms with E-state index >= 15 is 0 Å². The summed E-state index contributed by atoms with van der Waals surface area (Å²) in [5, 5.41) is 3.95. The highest BCUT2D eigenvalue weighted by atomic mass is 32.2. The molecular weight excluding hydrogens is 232 g/mol. The molecule has 4 heteroatoms. The number of nitrogens with zero attached hydrogens (tertiary/aromatic N) is 1. The van der Waals surface area contributed by atoms with Crippen molar-refractivity contribution in [3.8, 4) is 0 Å². The Balaban J connectivity index is 1.65. The number of nitrogens with one attached hydrogen (secondary N) is 1. The Morgan fingerprint density at radius 1 is 1.47 bits per heavy atom. The van der Waals surface area contributed by atoms with Crippen molar-refractivity contribution in [1.82, 2.24) is 10.2 Å². The van der Waals surface area contributed by atoms with Gasteiger partial charge in [0.2, 0.25) is 0 Å². The molecule has 2 fully saturated rings. The molecule has 1 heterocycles. The number of hydrogen-bond acceptors (Lipinski definition) is 3. The zero-order valence-corrected chi connectivity index (χ0v) is 12.1. The van der Waals surface area contributed by atoms with Gasteiger partial charge in [-0.25, -0.2) is 0 Å². The smallest absolute Gasteiger partial charge is 0.0329 e. The van der Waals surface area contributed by atoms with E-state index in [1.54, 1.807) is 6.26 Å². The Kier molecular flexibility index (Phi) is 4.61. The molecule has 0 aromatic heterocycles. The molecular formula is C13H26N2OS. The average Bonchev–Trinajstić information content (AvgIpc) is 3.03. The summed E-state index contributed by atoms with van der Waals surface area (Å²) in [5.74, 6) is 0. The molecule has 0 amide bonds. The Morgan fingerprint density at radius 3 is 2.76 bits per heavy atom. The first kappa shape index (κ1) is 13.5. The van der Waals surface area contributed by atoms with Gasteiger partial charge in [-0.15, -0.1) is 0 Å². The van der Waals surface area contributed by atoms with E-state index in [1.807, 2.05) is 0 Å². The molecule has 1 aliphatic heterocycles. The van der Waals surface area contributed by atoms with Gasteiger partial charge in [-0.2, -0.15) is 0 Å². The van der Waals surface area contributed by atoms with Crippen LogP contribution in [-0.4, -0.2) is 51.8 Å². The van der Waals surface area contributed by atoms with Gasteiger partial charge in [-0.3, -0.25) is 9.11 Å². The van der Waals surface area contributed by atoms with Crippen molar-refractivity contribution in [3.63, 3.8) is 0 Å². The molecule has 1 N–H and O–H groups in total. The first-order valence-corrected chi connectivity index (χ1v) is 8.51. The first-order chi connectivity index (χ1) is 8.08. The van der Waals surface area contributed by atoms with Crippen molar-refractivity contribution < 1.29 is 4.21 Å². The van der Waals surface area contributed by atoms with Gasteiger partial charge in [0.05, 0.1) is 0 Å². The Labute approximate surface area is 108 Å². The standard InChI is InChI=1S/C13H26N2OS/c1-10-8-12(9-15(10)13-4-5-13)14-7-6-11(2)17(3)16/h10-14H,4-9H2,1-3H3. The van der Waals surface area contributed by atoms with Crippen LogP contribution in [0.15, 0.2) is 0 Å². The minimum absolute atomic E-state index is 0.320. The van der Waals surface area contributed by atoms with Crippen LogP contribution in [0.1, 0.15) is 39.5 Å². The van der Waals surface area contributed by atoms with Crippen molar-refractivity contribution in [2.45, 2.75) is 62.9 Å². The van der Waals surface area contributed by atoms with E-state index in [2.05, 4.69) is 24.1 Å². The minimum Gasteiger partial charge on any atom is -0.313 e. The highest BCUT2D eigenvalue weighted by Gasteiger charge is 2.38. The second kappa shape index (κ2) is 5.81. The van der Waals surface area contributed by atoms with E-state index in [-0.39, 0.29) is 0 Å². The molecule has 0 aromatic carbocycles. The first-order valence-electron chi connectivity index (χ1n) is 6.89. The maximum Gasteiger partial charge on any atom is 0.0329 e. The number of likely N-dealkylation sites (tertiary alicyclic amines) is 1. The second-order valence-electron chi connectivity index (χ2n) is 5.76. The van der Waals surface area contributed by atoms with Crippen molar-refractivity contribution in [1.29, 1.82) is 0 Å². The summed E-state index contributed by atoms with van der Waals surface area (Å²) in [4.78, 5) is 2.67. The van der Waals surface area contributed by atoms with Crippen LogP contribution in [0.3, 0.4) is 0 Å². The minimum atomic E-state index is -0.675. The lowest BCUT2D eigenvalue weighted by Crippen LogP contribution is -2.35. The third kappa shape index (κ3) is 3.76. The van der Waals surface area contributed by atoms with Crippen LogP contribution in [0, 0.1) is 0 Å². The van der Waals surface area contributed by atoms with E-state index in [4.69, 9.17) is 0 Å². The number of rotatable bonds is 6. The Morgan fingerprint density at radius 2 is 2.18 bits per heavy atom. The molecule has 4 unspecified atom stereocenters. The molecule has 2 aliphatic rings. The molecule has 1 aliphatic carbocycles. The highest BCUT2D eigenvalue weighted by molar-refractivity contribution is 7.84. The highest BCUT2D eigenvalue weighted by Crippen LogP contribution is 2.33. The van der Waals surface area contributed by atoms with Gasteiger partial charge < -0.3 is 5.32 Å². The third-order valence-corrected chi connectivity index (χ3v) is 5.56. The van der Waals surface area contributed by atoms with Crippen LogP contribution >= 0.6 is 0 Å². The van der Waals surface area contributed by atoms with E-state index in [1.165, 1.54) is 25.8 Å². The van der Waals surface area contributed by atoms with E-state index < -0.39 is 10.8 Å². The lowest BCUT2D eigenvalue weighted by Gasteiger charge is -2.20. The van der Waals surface area contributed by atoms with Gasteiger partial charge in [-0.1, -0.05) is 6.92 Å². The van der Waals surface area contributed by atoms with Crippen LogP contribution in [0.5, 0.6) is 0 Å². The maximum absolute atomic E-state index is 11.2. The quantitative estimate of drug-likeness (QED) is 0.781. The monoisotopic (exact) mass is 258 g/mol. The average molecular weight is 258 g/mol. The van der Waals surface area contributed by atoms with Gasteiger partial charge in [-0.05, 0) is 39.2 Å². The van der Waals surface area contributed by atoms with E-state index in [0.717, 1.165) is 25.0 Å². The van der Waals surface area contributed by atoms with Gasteiger partial charge in [0.1, 0.15) is 0 Å². The molecule has 4 atom stereocenters. The molecule has 2 rings (SSSR count). The molecule has 1 saturated carbocycles. The molecule has 1 saturated heterocycles. The Bertz CT molecular complexity index is 281. The van der Waals surface area contributed by atoms with Gasteiger partial charge >= 0.3 is 0 Å². The zero-order chi connectivity index (χ0) is 12.4. The van der Waals surface area contributed by atoms with Crippen molar-refractivity contribution >= 4 is 10.8 Å². The lowest BCUT2D eigenvalue weighted by atomic mass is 10.2. The largest absolute Gasteiger partial charge is 0.313 e. The summed E-state index contributed by atoms with van der Waals surface area (Å²) in [6.45, 7) is 6.65. The predicted octanol–water partition coefficient (Wildman–Crippen LogP) is 1.36. The van der Waals surface area contributed by atoms with E-state index in [0.29, 0.717) is 11.3 Å². The third-order valence-electron chi connectivity index (χ3n) is 4.19. The normalized spacial score (nSPS) is 33.8. The maximum atomic E-state index is 11.2. The van der Waals surface area contributed by atoms with Crippen LogP contribution in [0.4, 0.5) is 0 Å². The fraction of sp³-hybridized carbons (Fsp3) is 1.00. The molecule has 100 valence electrons. The summed E-state index contributed by atoms with van der Waals surface area (Å²) in [7, 11) is -0.675. The van der Waals surface area contributed by atoms with Crippen LogP contribution in [-0.2, 0) is 10.8 Å². The van der Waals surface area contributed by atoms with Gasteiger partial charge in [0.25, 0.3) is 0 Å². The summed E-state index contributed by atoms with van der Waals surface area (Å²) in [6.07, 6.45) is 6.92. The summed E-state index contributed by atoms with van der Waals surface area (Å²) >= 11 is 0. The zero-order valence-electron chi connectivity index (χ0n) is 11.3. The molecule has 0 radical (unpaired) electrons. The van der Waals surface area contributed by atoms with E-state index in [9.17, 15) is 4.21 Å². The van der Waals surface area contributed by atoms with Crippen molar-refractivity contribution in [2.24, 2.45) is 0 Å². The molecule has 0 spiro atoms. The summed E-state index contributed by atoms with van der Waals surface area (Å²) in [6, 6.07) is 2.29. The lowest BCUT2D eigenvalue weighted by molar-refractivity contribution is 0.255. The topological polar surface area (TPSA) is 32.3 Å². The molecule has 17 heavy (non-hydrogen) atoms. The summed E-state index contributed by atoms with van der Waals surface area (Å²) in [5.41, 5.74) is 0. The van der Waals surface area contributed by atoms with Crippen LogP contribution in [0.25, 0.3) is 0 Å².